The second-order valence-electron chi connectivity index (χ2n) is 31.1. The van der Waals surface area contributed by atoms with Gasteiger partial charge in [-0.15, -0.1) is 0 Å². The second-order valence-corrected chi connectivity index (χ2v) is 34.0. The van der Waals surface area contributed by atoms with E-state index >= 15 is 0 Å². The summed E-state index contributed by atoms with van der Waals surface area (Å²) in [5.41, 5.74) is 0. The number of hydrogen-bond donors (Lipinski definition) is 3. The normalized spacial score (nSPS) is 13.8. The predicted molar refractivity (Wildman–Crippen MR) is 428 cm³/mol. The van der Waals surface area contributed by atoms with E-state index in [1.807, 2.05) is 0 Å². The van der Waals surface area contributed by atoms with Crippen molar-refractivity contribution in [2.75, 3.05) is 39.6 Å². The van der Waals surface area contributed by atoms with Crippen LogP contribution in [0.5, 0.6) is 0 Å². The largest absolute Gasteiger partial charge is 0.472 e. The second kappa shape index (κ2) is 77.8. The molecule has 0 aromatic rings. The molecule has 0 saturated carbocycles. The van der Waals surface area contributed by atoms with Crippen LogP contribution in [0.15, 0.2) is 0 Å². The van der Waals surface area contributed by atoms with Gasteiger partial charge in [0.2, 0.25) is 0 Å². The summed E-state index contributed by atoms with van der Waals surface area (Å²) < 4.78 is 68.9. The summed E-state index contributed by atoms with van der Waals surface area (Å²) in [5.74, 6) is -1.35. The van der Waals surface area contributed by atoms with Gasteiger partial charge in [0.1, 0.15) is 19.3 Å². The third kappa shape index (κ3) is 78.2. The van der Waals surface area contributed by atoms with E-state index in [9.17, 15) is 43.2 Å². The molecule has 0 radical (unpaired) electrons. The highest BCUT2D eigenvalue weighted by atomic mass is 31.2. The maximum atomic E-state index is 13.1. The number of unbranched alkanes of at least 4 members (excludes halogenated alkanes) is 57. The van der Waals surface area contributed by atoms with Crippen molar-refractivity contribution in [1.29, 1.82) is 0 Å². The topological polar surface area (TPSA) is 237 Å². The van der Waals surface area contributed by atoms with Crippen molar-refractivity contribution in [3.8, 4) is 0 Å². The van der Waals surface area contributed by atoms with E-state index in [-0.39, 0.29) is 25.7 Å². The molecule has 2 unspecified atom stereocenters. The van der Waals surface area contributed by atoms with Gasteiger partial charge < -0.3 is 33.8 Å². The number of phosphoric acid groups is 2. The molecule has 17 nitrogen and oxygen atoms in total. The van der Waals surface area contributed by atoms with Crippen LogP contribution >= 0.6 is 15.6 Å². The molecule has 0 rings (SSSR count). The number of carbonyl (C=O) groups excluding carboxylic acids is 4. The zero-order valence-corrected chi connectivity index (χ0v) is 70.0. The highest BCUT2D eigenvalue weighted by Gasteiger charge is 2.30. The number of aliphatic hydroxyl groups is 1. The molecule has 618 valence electrons. The summed E-state index contributed by atoms with van der Waals surface area (Å²) in [6.07, 6.45) is 70.8. The van der Waals surface area contributed by atoms with Crippen LogP contribution in [-0.2, 0) is 65.4 Å². The van der Waals surface area contributed by atoms with E-state index in [4.69, 9.17) is 37.0 Å². The smallest absolute Gasteiger partial charge is 0.462 e. The molecule has 0 fully saturated rings. The minimum atomic E-state index is -4.96. The van der Waals surface area contributed by atoms with E-state index in [0.29, 0.717) is 25.7 Å². The van der Waals surface area contributed by atoms with Crippen LogP contribution in [0.3, 0.4) is 0 Å². The van der Waals surface area contributed by atoms with E-state index in [1.54, 1.807) is 0 Å². The molecule has 0 aromatic heterocycles. The number of carbonyl (C=O) groups is 4. The Labute approximate surface area is 638 Å². The van der Waals surface area contributed by atoms with Crippen LogP contribution in [0.25, 0.3) is 0 Å². The molecular formula is C85H166O17P2. The van der Waals surface area contributed by atoms with Gasteiger partial charge in [-0.25, -0.2) is 9.13 Å². The van der Waals surface area contributed by atoms with Crippen molar-refractivity contribution in [2.24, 2.45) is 5.92 Å². The molecule has 0 saturated heterocycles. The Balaban J connectivity index is 5.23. The molecule has 0 heterocycles. The van der Waals surface area contributed by atoms with Crippen molar-refractivity contribution in [2.45, 2.75) is 477 Å². The highest BCUT2D eigenvalue weighted by molar-refractivity contribution is 7.47. The lowest BCUT2D eigenvalue weighted by Gasteiger charge is -2.21. The van der Waals surface area contributed by atoms with Crippen LogP contribution < -0.4 is 0 Å². The average molecular weight is 1520 g/mol. The number of hydrogen-bond acceptors (Lipinski definition) is 15. The number of esters is 4. The molecule has 5 atom stereocenters. The lowest BCUT2D eigenvalue weighted by Crippen LogP contribution is -2.30. The molecule has 0 aliphatic heterocycles. The van der Waals surface area contributed by atoms with Crippen molar-refractivity contribution in [3.05, 3.63) is 0 Å². The molecule has 0 aliphatic carbocycles. The maximum absolute atomic E-state index is 13.1. The number of rotatable bonds is 85. The average Bonchev–Trinajstić information content (AvgIpc) is 0.925. The molecule has 3 N–H and O–H groups in total. The van der Waals surface area contributed by atoms with Gasteiger partial charge in [0.05, 0.1) is 26.4 Å². The van der Waals surface area contributed by atoms with Gasteiger partial charge in [-0.2, -0.15) is 0 Å². The molecular weight excluding hydrogens is 1350 g/mol. The molecule has 0 amide bonds. The number of aliphatic hydroxyl groups excluding tert-OH is 1. The van der Waals surface area contributed by atoms with Gasteiger partial charge in [-0.05, 0) is 31.6 Å². The van der Waals surface area contributed by atoms with Crippen LogP contribution in [0, 0.1) is 5.92 Å². The molecule has 0 spiro atoms. The minimum Gasteiger partial charge on any atom is -0.462 e. The fourth-order valence-corrected chi connectivity index (χ4v) is 14.9. The number of ether oxygens (including phenoxy) is 4. The first-order chi connectivity index (χ1) is 50.5. The predicted octanol–water partition coefficient (Wildman–Crippen LogP) is 26.0. The zero-order valence-electron chi connectivity index (χ0n) is 68.2. The first-order valence-corrected chi connectivity index (χ1v) is 47.1. The van der Waals surface area contributed by atoms with Crippen molar-refractivity contribution in [3.63, 3.8) is 0 Å². The number of phosphoric ester groups is 2. The van der Waals surface area contributed by atoms with Gasteiger partial charge in [-0.3, -0.25) is 37.3 Å². The molecule has 0 aromatic carbocycles. The Hall–Kier alpha value is -1.94. The van der Waals surface area contributed by atoms with E-state index in [0.717, 1.165) is 95.8 Å². The molecule has 104 heavy (non-hydrogen) atoms. The Kier molecular flexibility index (Phi) is 76.3. The molecule has 0 bridgehead atoms. The Bertz CT molecular complexity index is 1980. The van der Waals surface area contributed by atoms with Gasteiger partial charge >= 0.3 is 39.5 Å². The van der Waals surface area contributed by atoms with Crippen LogP contribution in [-0.4, -0.2) is 96.7 Å². The first kappa shape index (κ1) is 102. The van der Waals surface area contributed by atoms with E-state index in [2.05, 4.69) is 34.6 Å². The summed E-state index contributed by atoms with van der Waals surface area (Å²) >= 11 is 0. The van der Waals surface area contributed by atoms with Gasteiger partial charge in [0, 0.05) is 25.7 Å². The summed E-state index contributed by atoms with van der Waals surface area (Å²) in [5, 5.41) is 10.7. The monoisotopic (exact) mass is 1520 g/mol. The van der Waals surface area contributed by atoms with Crippen LogP contribution in [0.2, 0.25) is 0 Å². The lowest BCUT2D eigenvalue weighted by atomic mass is 10.0. The highest BCUT2D eigenvalue weighted by Crippen LogP contribution is 2.45. The van der Waals surface area contributed by atoms with Crippen molar-refractivity contribution in [1.82, 2.24) is 0 Å². The van der Waals surface area contributed by atoms with E-state index < -0.39 is 97.5 Å². The fraction of sp³-hybridized carbons (Fsp3) is 0.953. The first-order valence-electron chi connectivity index (χ1n) is 44.1. The molecule has 19 heteroatoms. The third-order valence-corrected chi connectivity index (χ3v) is 21.9. The summed E-state index contributed by atoms with van der Waals surface area (Å²) in [6.45, 7) is 7.35. The Morgan fingerprint density at radius 1 is 0.260 bits per heavy atom. The van der Waals surface area contributed by atoms with Crippen molar-refractivity contribution < 1.29 is 80.2 Å². The maximum Gasteiger partial charge on any atom is 0.472 e. The third-order valence-electron chi connectivity index (χ3n) is 20.0. The Morgan fingerprint density at radius 2 is 0.442 bits per heavy atom. The SMILES string of the molecule is CCCCCCCCCCCCCCCCCCCCCCC(=O)O[C@H](COC(=O)CCCCCCCCCCCCCCCCCCCCC)COP(=O)(O)OC[C@@H](O)COP(=O)(O)OC[C@@H](COC(=O)CCCCCCCCCCCCCC)OC(=O)CCCCCCCCCCCCC(C)C. The Morgan fingerprint density at radius 3 is 0.654 bits per heavy atom. The van der Waals surface area contributed by atoms with Gasteiger partial charge in [0.25, 0.3) is 0 Å². The van der Waals surface area contributed by atoms with E-state index in [1.165, 1.54) is 283 Å². The summed E-state index contributed by atoms with van der Waals surface area (Å²) in [7, 11) is -9.92. The standard InChI is InChI=1S/C85H166O17P2/c1-6-9-12-15-18-21-24-27-29-31-33-35-37-39-41-44-50-55-60-65-70-84(89)101-80(74-96-83(88)69-64-59-54-49-43-40-38-36-34-32-30-28-25-22-19-16-13-10-7-2)76-99-103(91,92)97-72-79(86)73-98-104(93,94)100-77-81(75-95-82(87)68-63-58-53-48-42-26-23-20-17-14-11-8-3)102-85(90)71-66-61-56-51-46-45-47-52-57-62-67-78(4)5/h78-81,86H,6-77H2,1-5H3,(H,91,92)(H,93,94)/t79-,80-,81-/m1/s1. The zero-order chi connectivity index (χ0) is 76.2. The van der Waals surface area contributed by atoms with Gasteiger partial charge in [-0.1, -0.05) is 407 Å². The van der Waals surface area contributed by atoms with Gasteiger partial charge in [0.15, 0.2) is 12.2 Å². The fourth-order valence-electron chi connectivity index (χ4n) is 13.3. The van der Waals surface area contributed by atoms with Crippen LogP contribution in [0.4, 0.5) is 0 Å². The van der Waals surface area contributed by atoms with Crippen LogP contribution in [0.1, 0.15) is 458 Å². The van der Waals surface area contributed by atoms with Crippen molar-refractivity contribution >= 4 is 39.5 Å². The summed E-state index contributed by atoms with van der Waals surface area (Å²) in [4.78, 5) is 73.2. The summed E-state index contributed by atoms with van der Waals surface area (Å²) in [6, 6.07) is 0. The molecule has 0 aliphatic rings. The lowest BCUT2D eigenvalue weighted by molar-refractivity contribution is -0.161. The quantitative estimate of drug-likeness (QED) is 0.0222. The minimum absolute atomic E-state index is 0.107.